The summed E-state index contributed by atoms with van der Waals surface area (Å²) in [7, 11) is 0. The molecule has 150 valence electrons. The average molecular weight is 383 g/mol. The van der Waals surface area contributed by atoms with Crippen molar-refractivity contribution in [3.05, 3.63) is 70.8 Å². The van der Waals surface area contributed by atoms with Crippen LogP contribution in [0.4, 0.5) is 0 Å². The zero-order valence-corrected chi connectivity index (χ0v) is 18.2. The molecule has 0 aliphatic heterocycles. The highest BCUT2D eigenvalue weighted by Crippen LogP contribution is 2.56. The molecule has 1 spiro atoms. The van der Waals surface area contributed by atoms with Crippen LogP contribution in [0.25, 0.3) is 21.9 Å². The first kappa shape index (κ1) is 18.9. The van der Waals surface area contributed by atoms with Crippen molar-refractivity contribution in [1.82, 2.24) is 0 Å². The van der Waals surface area contributed by atoms with E-state index < -0.39 is 0 Å². The molecule has 0 radical (unpaired) electrons. The number of rotatable bonds is 0. The van der Waals surface area contributed by atoms with Crippen LogP contribution in [0.2, 0.25) is 0 Å². The molecule has 3 aromatic carbocycles. The largest absolute Gasteiger partial charge is 0.0616 e. The fraction of sp³-hybridized carbons (Fsp3) is 0.448. The van der Waals surface area contributed by atoms with E-state index in [2.05, 4.69) is 62.4 Å². The third kappa shape index (κ3) is 3.12. The lowest BCUT2D eigenvalue weighted by Crippen LogP contribution is -2.25. The SMILES string of the molecule is Cc1ccc2c(c1)C1(CCCCCCCCCC1)c1cc(C)c3ccccc3c1-2. The van der Waals surface area contributed by atoms with Crippen molar-refractivity contribution in [3.63, 3.8) is 0 Å². The van der Waals surface area contributed by atoms with Gasteiger partial charge in [-0.25, -0.2) is 0 Å². The van der Waals surface area contributed by atoms with Crippen molar-refractivity contribution in [1.29, 1.82) is 0 Å². The normalized spacial score (nSPS) is 19.0. The molecule has 5 rings (SSSR count). The molecule has 0 aromatic heterocycles. The highest BCUT2D eigenvalue weighted by Gasteiger charge is 2.43. The molecule has 2 aliphatic carbocycles. The smallest absolute Gasteiger partial charge is 0.0215 e. The van der Waals surface area contributed by atoms with Crippen molar-refractivity contribution in [2.45, 2.75) is 83.5 Å². The summed E-state index contributed by atoms with van der Waals surface area (Å²) in [6.07, 6.45) is 13.8. The Balaban J connectivity index is 1.77. The Morgan fingerprint density at radius 3 is 1.93 bits per heavy atom. The van der Waals surface area contributed by atoms with Gasteiger partial charge in [-0.1, -0.05) is 105 Å². The van der Waals surface area contributed by atoms with Gasteiger partial charge in [0.1, 0.15) is 0 Å². The van der Waals surface area contributed by atoms with Crippen LogP contribution in [-0.2, 0) is 5.41 Å². The fourth-order valence-electron chi connectivity index (χ4n) is 6.22. The summed E-state index contributed by atoms with van der Waals surface area (Å²) in [6, 6.07) is 18.9. The minimum absolute atomic E-state index is 0.218. The van der Waals surface area contributed by atoms with E-state index in [1.54, 1.807) is 11.1 Å². The number of benzene rings is 3. The van der Waals surface area contributed by atoms with Gasteiger partial charge in [-0.15, -0.1) is 0 Å². The molecule has 1 fully saturated rings. The van der Waals surface area contributed by atoms with Gasteiger partial charge in [0.15, 0.2) is 0 Å². The fourth-order valence-corrected chi connectivity index (χ4v) is 6.22. The molecular weight excluding hydrogens is 348 g/mol. The van der Waals surface area contributed by atoms with E-state index >= 15 is 0 Å². The molecule has 0 amide bonds. The maximum Gasteiger partial charge on any atom is 0.0215 e. The predicted octanol–water partition coefficient (Wildman–Crippen LogP) is 8.64. The lowest BCUT2D eigenvalue weighted by Gasteiger charge is -2.33. The minimum Gasteiger partial charge on any atom is -0.0616 e. The number of aryl methyl sites for hydroxylation is 2. The zero-order valence-electron chi connectivity index (χ0n) is 18.2. The summed E-state index contributed by atoms with van der Waals surface area (Å²) >= 11 is 0. The lowest BCUT2D eigenvalue weighted by atomic mass is 9.70. The van der Waals surface area contributed by atoms with Gasteiger partial charge in [-0.2, -0.15) is 0 Å². The van der Waals surface area contributed by atoms with E-state index in [1.165, 1.54) is 97.2 Å². The average Bonchev–Trinajstić information content (AvgIpc) is 2.96. The van der Waals surface area contributed by atoms with Crippen LogP contribution in [-0.4, -0.2) is 0 Å². The van der Waals surface area contributed by atoms with E-state index in [4.69, 9.17) is 0 Å². The van der Waals surface area contributed by atoms with Gasteiger partial charge >= 0.3 is 0 Å². The molecule has 3 aromatic rings. The van der Waals surface area contributed by atoms with Gasteiger partial charge < -0.3 is 0 Å². The molecule has 0 unspecified atom stereocenters. The van der Waals surface area contributed by atoms with E-state index in [0.29, 0.717) is 0 Å². The Morgan fingerprint density at radius 1 is 0.621 bits per heavy atom. The first-order valence-corrected chi connectivity index (χ1v) is 11.8. The second-order valence-corrected chi connectivity index (χ2v) is 9.62. The standard InChI is InChI=1S/C29H34/c1-21-15-16-25-26(19-21)29(17-11-7-5-3-4-6-8-12-18-29)27-20-22(2)23-13-9-10-14-24(23)28(25)27/h9-10,13-16,19-20H,3-8,11-12,17-18H2,1-2H3. The van der Waals surface area contributed by atoms with Crippen molar-refractivity contribution in [3.8, 4) is 11.1 Å². The van der Waals surface area contributed by atoms with E-state index in [9.17, 15) is 0 Å². The second kappa shape index (κ2) is 7.63. The summed E-state index contributed by atoms with van der Waals surface area (Å²) in [4.78, 5) is 0. The van der Waals surface area contributed by atoms with Gasteiger partial charge in [0.25, 0.3) is 0 Å². The Morgan fingerprint density at radius 2 is 1.24 bits per heavy atom. The number of hydrogen-bond donors (Lipinski definition) is 0. The van der Waals surface area contributed by atoms with E-state index in [0.717, 1.165) is 0 Å². The summed E-state index contributed by atoms with van der Waals surface area (Å²) in [5, 5.41) is 2.88. The first-order chi connectivity index (χ1) is 14.2. The maximum atomic E-state index is 2.56. The molecule has 0 heterocycles. The summed E-state index contributed by atoms with van der Waals surface area (Å²) in [5.41, 5.74) is 9.38. The van der Waals surface area contributed by atoms with Gasteiger partial charge in [-0.3, -0.25) is 0 Å². The third-order valence-electron chi connectivity index (χ3n) is 7.68. The van der Waals surface area contributed by atoms with Crippen LogP contribution < -0.4 is 0 Å². The van der Waals surface area contributed by atoms with Crippen LogP contribution in [0.5, 0.6) is 0 Å². The second-order valence-electron chi connectivity index (χ2n) is 9.62. The Labute approximate surface area is 176 Å². The molecule has 0 nitrogen and oxygen atoms in total. The maximum absolute atomic E-state index is 2.56. The quantitative estimate of drug-likeness (QED) is 0.365. The van der Waals surface area contributed by atoms with Crippen LogP contribution in [0, 0.1) is 13.8 Å². The van der Waals surface area contributed by atoms with Gasteiger partial charge in [-0.05, 0) is 65.3 Å². The monoisotopic (exact) mass is 382 g/mol. The molecule has 1 saturated carbocycles. The van der Waals surface area contributed by atoms with Crippen LogP contribution in [0.1, 0.15) is 86.5 Å². The van der Waals surface area contributed by atoms with E-state index in [-0.39, 0.29) is 5.41 Å². The van der Waals surface area contributed by atoms with Crippen molar-refractivity contribution in [2.75, 3.05) is 0 Å². The molecule has 0 bridgehead atoms. The van der Waals surface area contributed by atoms with Crippen LogP contribution in [0.15, 0.2) is 48.5 Å². The first-order valence-electron chi connectivity index (χ1n) is 11.8. The van der Waals surface area contributed by atoms with Gasteiger partial charge in [0.05, 0.1) is 0 Å². The van der Waals surface area contributed by atoms with Crippen molar-refractivity contribution < 1.29 is 0 Å². The number of hydrogen-bond acceptors (Lipinski definition) is 0. The highest BCUT2D eigenvalue weighted by atomic mass is 14.5. The minimum atomic E-state index is 0.218. The molecule has 0 heteroatoms. The Kier molecular flexibility index (Phi) is 4.98. The summed E-state index contributed by atoms with van der Waals surface area (Å²) < 4.78 is 0. The van der Waals surface area contributed by atoms with Crippen molar-refractivity contribution >= 4 is 10.8 Å². The summed E-state index contributed by atoms with van der Waals surface area (Å²) in [5.74, 6) is 0. The van der Waals surface area contributed by atoms with Crippen molar-refractivity contribution in [2.24, 2.45) is 0 Å². The van der Waals surface area contributed by atoms with Crippen LogP contribution in [0.3, 0.4) is 0 Å². The zero-order chi connectivity index (χ0) is 19.8. The molecule has 0 N–H and O–H groups in total. The molecule has 29 heavy (non-hydrogen) atoms. The molecule has 0 atom stereocenters. The van der Waals surface area contributed by atoms with Gasteiger partial charge in [0.2, 0.25) is 0 Å². The Bertz CT molecular complexity index is 1030. The topological polar surface area (TPSA) is 0 Å². The lowest BCUT2D eigenvalue weighted by molar-refractivity contribution is 0.409. The highest BCUT2D eigenvalue weighted by molar-refractivity contribution is 6.04. The number of fused-ring (bicyclic) bond motifs is 7. The van der Waals surface area contributed by atoms with Gasteiger partial charge in [0, 0.05) is 5.41 Å². The molecule has 0 saturated heterocycles. The Hall–Kier alpha value is -2.08. The summed E-state index contributed by atoms with van der Waals surface area (Å²) in [6.45, 7) is 4.58. The molecule has 2 aliphatic rings. The predicted molar refractivity (Wildman–Crippen MR) is 126 cm³/mol. The van der Waals surface area contributed by atoms with Crippen LogP contribution >= 0.6 is 0 Å². The third-order valence-corrected chi connectivity index (χ3v) is 7.68. The van der Waals surface area contributed by atoms with E-state index in [1.807, 2.05) is 0 Å². The molecular formula is C29H34.